The van der Waals surface area contributed by atoms with Crippen LogP contribution in [0.3, 0.4) is 0 Å². The Kier molecular flexibility index (Phi) is 6.56. The first-order valence-electron chi connectivity index (χ1n) is 7.03. The Morgan fingerprint density at radius 1 is 1.05 bits per heavy atom. The van der Waals surface area contributed by atoms with Crippen LogP contribution in [-0.2, 0) is 11.2 Å². The fraction of sp³-hybridized carbons (Fsp3) is 0.235. The largest absolute Gasteiger partial charge is 0.492 e. The van der Waals surface area contributed by atoms with Crippen molar-refractivity contribution in [2.45, 2.75) is 12.8 Å². The summed E-state index contributed by atoms with van der Waals surface area (Å²) in [5, 5.41) is 4.18. The lowest BCUT2D eigenvalue weighted by Gasteiger charge is -2.08. The van der Waals surface area contributed by atoms with Gasteiger partial charge in [-0.15, -0.1) is 0 Å². The van der Waals surface area contributed by atoms with Gasteiger partial charge in [0.2, 0.25) is 5.91 Å². The van der Waals surface area contributed by atoms with E-state index in [1.165, 1.54) is 0 Å². The predicted octanol–water partition coefficient (Wildman–Crippen LogP) is 4.12. The third-order valence-corrected chi connectivity index (χ3v) is 3.71. The van der Waals surface area contributed by atoms with Crippen molar-refractivity contribution in [2.75, 3.05) is 13.2 Å². The van der Waals surface area contributed by atoms with Crippen LogP contribution < -0.4 is 10.1 Å². The fourth-order valence-corrected chi connectivity index (χ4v) is 2.28. The van der Waals surface area contributed by atoms with Gasteiger partial charge in [0, 0.05) is 16.5 Å². The molecule has 3 nitrogen and oxygen atoms in total. The van der Waals surface area contributed by atoms with Crippen LogP contribution in [0.5, 0.6) is 5.75 Å². The lowest BCUT2D eigenvalue weighted by atomic mass is 10.1. The molecule has 0 radical (unpaired) electrons. The van der Waals surface area contributed by atoms with E-state index >= 15 is 0 Å². The minimum atomic E-state index is -0.0142. The molecule has 1 N–H and O–H groups in total. The first-order chi connectivity index (χ1) is 10.6. The number of hydrogen-bond acceptors (Lipinski definition) is 2. The van der Waals surface area contributed by atoms with E-state index in [1.807, 2.05) is 24.3 Å². The standard InChI is InChI=1S/C17H17Cl2NO2/c18-14-6-8-15(9-7-14)22-12-11-20-17(21)10-5-13-3-1-2-4-16(13)19/h1-4,6-9H,5,10-12H2,(H,20,21). The summed E-state index contributed by atoms with van der Waals surface area (Å²) in [6.07, 6.45) is 1.04. The van der Waals surface area contributed by atoms with E-state index < -0.39 is 0 Å². The van der Waals surface area contributed by atoms with E-state index in [4.69, 9.17) is 27.9 Å². The molecule has 116 valence electrons. The van der Waals surface area contributed by atoms with Gasteiger partial charge < -0.3 is 10.1 Å². The molecule has 0 aliphatic rings. The zero-order valence-electron chi connectivity index (χ0n) is 12.0. The van der Waals surface area contributed by atoms with E-state index in [1.54, 1.807) is 24.3 Å². The summed E-state index contributed by atoms with van der Waals surface area (Å²) >= 11 is 11.8. The number of carbonyl (C=O) groups excluding carboxylic acids is 1. The Bertz CT molecular complexity index is 614. The Labute approximate surface area is 140 Å². The van der Waals surface area contributed by atoms with Gasteiger partial charge in [-0.2, -0.15) is 0 Å². The maximum absolute atomic E-state index is 11.8. The summed E-state index contributed by atoms with van der Waals surface area (Å²) in [4.78, 5) is 11.8. The molecule has 0 aliphatic heterocycles. The van der Waals surface area contributed by atoms with Crippen molar-refractivity contribution in [3.63, 3.8) is 0 Å². The molecule has 2 rings (SSSR count). The lowest BCUT2D eigenvalue weighted by Crippen LogP contribution is -2.28. The molecule has 0 aromatic heterocycles. The predicted molar refractivity (Wildman–Crippen MR) is 89.7 cm³/mol. The van der Waals surface area contributed by atoms with Gasteiger partial charge in [-0.05, 0) is 42.3 Å². The zero-order chi connectivity index (χ0) is 15.8. The summed E-state index contributed by atoms with van der Waals surface area (Å²) in [5.41, 5.74) is 0.983. The molecule has 0 aliphatic carbocycles. The Morgan fingerprint density at radius 3 is 2.50 bits per heavy atom. The maximum atomic E-state index is 11.8. The molecule has 0 bridgehead atoms. The van der Waals surface area contributed by atoms with Crippen LogP contribution in [0.15, 0.2) is 48.5 Å². The summed E-state index contributed by atoms with van der Waals surface area (Å²) in [6, 6.07) is 14.7. The number of rotatable bonds is 7. The molecule has 0 spiro atoms. The fourth-order valence-electron chi connectivity index (χ4n) is 1.93. The zero-order valence-corrected chi connectivity index (χ0v) is 13.5. The second-order valence-electron chi connectivity index (χ2n) is 4.74. The quantitative estimate of drug-likeness (QED) is 0.771. The van der Waals surface area contributed by atoms with Crippen LogP contribution in [0.25, 0.3) is 0 Å². The van der Waals surface area contributed by atoms with Gasteiger partial charge >= 0.3 is 0 Å². The molecular weight excluding hydrogens is 321 g/mol. The number of amides is 1. The van der Waals surface area contributed by atoms with Gasteiger partial charge in [-0.25, -0.2) is 0 Å². The van der Waals surface area contributed by atoms with Crippen LogP contribution in [0.4, 0.5) is 0 Å². The number of aryl methyl sites for hydroxylation is 1. The Morgan fingerprint density at radius 2 is 1.77 bits per heavy atom. The smallest absolute Gasteiger partial charge is 0.220 e. The summed E-state index contributed by atoms with van der Waals surface area (Å²) in [5.74, 6) is 0.717. The highest BCUT2D eigenvalue weighted by atomic mass is 35.5. The van der Waals surface area contributed by atoms with Crippen molar-refractivity contribution < 1.29 is 9.53 Å². The lowest BCUT2D eigenvalue weighted by molar-refractivity contribution is -0.121. The van der Waals surface area contributed by atoms with Gasteiger partial charge in [0.25, 0.3) is 0 Å². The van der Waals surface area contributed by atoms with Crippen LogP contribution >= 0.6 is 23.2 Å². The van der Waals surface area contributed by atoms with Gasteiger partial charge in [0.1, 0.15) is 12.4 Å². The topological polar surface area (TPSA) is 38.3 Å². The van der Waals surface area contributed by atoms with Crippen molar-refractivity contribution in [2.24, 2.45) is 0 Å². The number of nitrogens with one attached hydrogen (secondary N) is 1. The van der Waals surface area contributed by atoms with E-state index in [0.717, 1.165) is 11.3 Å². The first kappa shape index (κ1) is 16.7. The molecule has 0 saturated heterocycles. The van der Waals surface area contributed by atoms with Crippen molar-refractivity contribution in [1.82, 2.24) is 5.32 Å². The third-order valence-electron chi connectivity index (χ3n) is 3.09. The first-order valence-corrected chi connectivity index (χ1v) is 7.79. The van der Waals surface area contributed by atoms with Gasteiger partial charge in [-0.3, -0.25) is 4.79 Å². The highest BCUT2D eigenvalue weighted by Crippen LogP contribution is 2.16. The molecule has 0 saturated carbocycles. The van der Waals surface area contributed by atoms with E-state index in [0.29, 0.717) is 36.0 Å². The average molecular weight is 338 g/mol. The van der Waals surface area contributed by atoms with E-state index in [9.17, 15) is 4.79 Å². The minimum absolute atomic E-state index is 0.0142. The van der Waals surface area contributed by atoms with E-state index in [2.05, 4.69) is 5.32 Å². The van der Waals surface area contributed by atoms with Gasteiger partial charge in [0.15, 0.2) is 0 Å². The van der Waals surface area contributed by atoms with Crippen LogP contribution in [0.2, 0.25) is 10.0 Å². The van der Waals surface area contributed by atoms with Gasteiger partial charge in [-0.1, -0.05) is 41.4 Å². The molecule has 0 unspecified atom stereocenters. The molecule has 5 heteroatoms. The summed E-state index contributed by atoms with van der Waals surface area (Å²) in [7, 11) is 0. The highest BCUT2D eigenvalue weighted by Gasteiger charge is 2.04. The number of hydrogen-bond donors (Lipinski definition) is 1. The van der Waals surface area contributed by atoms with Crippen molar-refractivity contribution in [3.8, 4) is 5.75 Å². The summed E-state index contributed by atoms with van der Waals surface area (Å²) < 4.78 is 5.50. The summed E-state index contributed by atoms with van der Waals surface area (Å²) in [6.45, 7) is 0.878. The van der Waals surface area contributed by atoms with Crippen LogP contribution in [0.1, 0.15) is 12.0 Å². The normalized spacial score (nSPS) is 10.3. The Balaban J connectivity index is 1.64. The third kappa shape index (κ3) is 5.58. The van der Waals surface area contributed by atoms with Crippen molar-refractivity contribution in [1.29, 1.82) is 0 Å². The van der Waals surface area contributed by atoms with Crippen molar-refractivity contribution in [3.05, 3.63) is 64.1 Å². The molecule has 0 fully saturated rings. The second kappa shape index (κ2) is 8.66. The number of benzene rings is 2. The average Bonchev–Trinajstić information content (AvgIpc) is 2.52. The number of halogens is 2. The second-order valence-corrected chi connectivity index (χ2v) is 5.59. The van der Waals surface area contributed by atoms with Gasteiger partial charge in [0.05, 0.1) is 6.54 Å². The monoisotopic (exact) mass is 337 g/mol. The van der Waals surface area contributed by atoms with Crippen LogP contribution in [-0.4, -0.2) is 19.1 Å². The molecular formula is C17H17Cl2NO2. The minimum Gasteiger partial charge on any atom is -0.492 e. The highest BCUT2D eigenvalue weighted by molar-refractivity contribution is 6.31. The number of carbonyl (C=O) groups is 1. The Hall–Kier alpha value is -1.71. The molecule has 0 heterocycles. The molecule has 0 atom stereocenters. The molecule has 2 aromatic rings. The molecule has 2 aromatic carbocycles. The molecule has 22 heavy (non-hydrogen) atoms. The molecule has 1 amide bonds. The van der Waals surface area contributed by atoms with Crippen LogP contribution in [0, 0.1) is 0 Å². The van der Waals surface area contributed by atoms with E-state index in [-0.39, 0.29) is 5.91 Å². The maximum Gasteiger partial charge on any atom is 0.220 e. The number of ether oxygens (including phenoxy) is 1. The van der Waals surface area contributed by atoms with Crippen molar-refractivity contribution >= 4 is 29.1 Å². The SMILES string of the molecule is O=C(CCc1ccccc1Cl)NCCOc1ccc(Cl)cc1.